The highest BCUT2D eigenvalue weighted by molar-refractivity contribution is 7.13. The van der Waals surface area contributed by atoms with E-state index < -0.39 is 0 Å². The van der Waals surface area contributed by atoms with Gasteiger partial charge in [-0.15, -0.1) is 11.3 Å². The van der Waals surface area contributed by atoms with Gasteiger partial charge in [0.25, 0.3) is 0 Å². The van der Waals surface area contributed by atoms with Gasteiger partial charge in [-0.25, -0.2) is 0 Å². The molecule has 0 aliphatic rings. The Morgan fingerprint density at radius 2 is 1.16 bits per heavy atom. The first-order valence-corrected chi connectivity index (χ1v) is 21.7. The van der Waals surface area contributed by atoms with Gasteiger partial charge in [-0.2, -0.15) is 10.5 Å². The quantitative estimate of drug-likeness (QED) is 0.0543. The molecule has 0 unspecified atom stereocenters. The fraction of sp³-hybridized carbons (Fsp3) is 0.333. The van der Waals surface area contributed by atoms with Crippen molar-refractivity contribution in [3.8, 4) is 12.1 Å². The fourth-order valence-electron chi connectivity index (χ4n) is 7.95. The molecule has 6 aromatic rings. The number of aromatic nitrogens is 1. The number of nitrogens with zero attached hydrogens (tertiary/aromatic N) is 4. The van der Waals surface area contributed by atoms with Crippen LogP contribution in [0.5, 0.6) is 0 Å². The second-order valence-corrected chi connectivity index (χ2v) is 16.1. The minimum Gasteiger partial charge on any atom is -0.337 e. The molecular formula is C51H56N4S. The summed E-state index contributed by atoms with van der Waals surface area (Å²) in [6.07, 6.45) is 24.1. The van der Waals surface area contributed by atoms with Crippen molar-refractivity contribution in [1.29, 1.82) is 10.5 Å². The summed E-state index contributed by atoms with van der Waals surface area (Å²) in [7, 11) is 0. The molecule has 0 amide bonds. The molecule has 6 rings (SSSR count). The van der Waals surface area contributed by atoms with Crippen molar-refractivity contribution in [2.24, 2.45) is 0 Å². The van der Waals surface area contributed by atoms with Gasteiger partial charge in [0.2, 0.25) is 0 Å². The van der Waals surface area contributed by atoms with Crippen LogP contribution >= 0.6 is 11.3 Å². The third kappa shape index (κ3) is 10.5. The Morgan fingerprint density at radius 3 is 1.84 bits per heavy atom. The standard InChI is InChI=1S/C51H56N4S/c1-3-5-7-9-11-14-22-43(23-15-12-10-8-6-4-2)55-50-25-19-18-24-48(50)49-35-31-45(37-51(49)55)54(42-20-16-13-17-21-42)44-29-26-40(27-30-44)28-32-46-33-34-47(56-46)36-41(38-52)39-53/h13,16-21,24-37,43H,3-12,14-15,22-23H2,1-2H3/b32-28+. The maximum Gasteiger partial charge on any atom is 0.131 e. The number of fused-ring (bicyclic) bond motifs is 3. The molecule has 0 N–H and O–H groups in total. The molecule has 2 aromatic heterocycles. The second kappa shape index (κ2) is 21.1. The number of hydrogen-bond donors (Lipinski definition) is 0. The maximum absolute atomic E-state index is 9.12. The largest absolute Gasteiger partial charge is 0.337 e. The summed E-state index contributed by atoms with van der Waals surface area (Å²) in [6.45, 7) is 4.60. The molecule has 0 radical (unpaired) electrons. The number of benzene rings is 4. The number of nitriles is 2. The lowest BCUT2D eigenvalue weighted by molar-refractivity contribution is 0.410. The van der Waals surface area contributed by atoms with Crippen molar-refractivity contribution >= 4 is 68.4 Å². The lowest BCUT2D eigenvalue weighted by Crippen LogP contribution is -2.12. The lowest BCUT2D eigenvalue weighted by atomic mass is 9.99. The van der Waals surface area contributed by atoms with E-state index in [4.69, 9.17) is 10.5 Å². The van der Waals surface area contributed by atoms with Gasteiger partial charge in [-0.05, 0) is 85.2 Å². The van der Waals surface area contributed by atoms with E-state index in [0.29, 0.717) is 6.04 Å². The number of unbranched alkanes of at least 4 members (excludes halogenated alkanes) is 10. The summed E-state index contributed by atoms with van der Waals surface area (Å²) < 4.78 is 2.72. The molecule has 0 atom stereocenters. The predicted molar refractivity (Wildman–Crippen MR) is 242 cm³/mol. The molecular weight excluding hydrogens is 701 g/mol. The summed E-state index contributed by atoms with van der Waals surface area (Å²) in [4.78, 5) is 4.34. The number of allylic oxidation sites excluding steroid dienone is 1. The number of rotatable bonds is 21. The predicted octanol–water partition coefficient (Wildman–Crippen LogP) is 16.0. The number of hydrogen-bond acceptors (Lipinski definition) is 4. The van der Waals surface area contributed by atoms with Crippen LogP contribution in [0.25, 0.3) is 40.0 Å². The van der Waals surface area contributed by atoms with Crippen LogP contribution in [0, 0.1) is 22.7 Å². The molecule has 0 aliphatic carbocycles. The Kier molecular flexibility index (Phi) is 15.2. The molecule has 0 fully saturated rings. The van der Waals surface area contributed by atoms with Crippen LogP contribution in [0.4, 0.5) is 17.1 Å². The molecule has 0 bridgehead atoms. The summed E-state index contributed by atoms with van der Waals surface area (Å²) >= 11 is 1.56. The molecule has 0 spiro atoms. The van der Waals surface area contributed by atoms with Crippen LogP contribution in [0.1, 0.15) is 125 Å². The average molecular weight is 757 g/mol. The molecule has 286 valence electrons. The van der Waals surface area contributed by atoms with E-state index >= 15 is 0 Å². The third-order valence-corrected chi connectivity index (χ3v) is 11.9. The van der Waals surface area contributed by atoms with E-state index in [9.17, 15) is 0 Å². The van der Waals surface area contributed by atoms with Crippen molar-refractivity contribution < 1.29 is 0 Å². The molecule has 56 heavy (non-hydrogen) atoms. The SMILES string of the molecule is CCCCCCCCC(CCCCCCCC)n1c2ccccc2c2ccc(N(c3ccccc3)c3ccc(/C=C/c4ccc(C=C(C#N)C#N)s4)cc3)cc21. The summed E-state index contributed by atoms with van der Waals surface area (Å²) in [5.41, 5.74) is 7.29. The zero-order chi connectivity index (χ0) is 39.0. The Balaban J connectivity index is 1.33. The van der Waals surface area contributed by atoms with E-state index in [1.807, 2.05) is 24.3 Å². The smallest absolute Gasteiger partial charge is 0.131 e. The third-order valence-electron chi connectivity index (χ3n) is 10.9. The molecule has 0 saturated carbocycles. The van der Waals surface area contributed by atoms with Crippen molar-refractivity contribution in [2.45, 2.75) is 110 Å². The van der Waals surface area contributed by atoms with Gasteiger partial charge in [0.05, 0.1) is 5.52 Å². The second-order valence-electron chi connectivity index (χ2n) is 15.0. The Bertz CT molecular complexity index is 2240. The van der Waals surface area contributed by atoms with Crippen LogP contribution in [0.15, 0.2) is 115 Å². The van der Waals surface area contributed by atoms with Crippen molar-refractivity contribution in [3.05, 3.63) is 130 Å². The fourth-order valence-corrected chi connectivity index (χ4v) is 8.81. The highest BCUT2D eigenvalue weighted by Gasteiger charge is 2.21. The minimum atomic E-state index is 0.114. The van der Waals surface area contributed by atoms with E-state index in [2.05, 4.69) is 133 Å². The summed E-state index contributed by atoms with van der Waals surface area (Å²) in [5.74, 6) is 0. The monoisotopic (exact) mass is 756 g/mol. The highest BCUT2D eigenvalue weighted by Crippen LogP contribution is 2.41. The van der Waals surface area contributed by atoms with E-state index in [1.165, 1.54) is 112 Å². The molecule has 0 aliphatic heterocycles. The van der Waals surface area contributed by atoms with Gasteiger partial charge in [0.15, 0.2) is 0 Å². The van der Waals surface area contributed by atoms with Gasteiger partial charge >= 0.3 is 0 Å². The van der Waals surface area contributed by atoms with Crippen molar-refractivity contribution in [3.63, 3.8) is 0 Å². The number of anilines is 3. The Labute approximate surface area is 339 Å². The van der Waals surface area contributed by atoms with Crippen LogP contribution in [-0.2, 0) is 0 Å². The van der Waals surface area contributed by atoms with Crippen LogP contribution in [0.2, 0.25) is 0 Å². The normalized spacial score (nSPS) is 11.4. The molecule has 5 heteroatoms. The number of para-hydroxylation sites is 2. The van der Waals surface area contributed by atoms with Crippen LogP contribution < -0.4 is 4.90 Å². The van der Waals surface area contributed by atoms with Gasteiger partial charge in [0, 0.05) is 49.1 Å². The number of thiophene rings is 1. The maximum atomic E-state index is 9.12. The summed E-state index contributed by atoms with van der Waals surface area (Å²) in [6, 6.07) is 43.9. The first-order valence-electron chi connectivity index (χ1n) is 20.9. The molecule has 4 nitrogen and oxygen atoms in total. The summed E-state index contributed by atoms with van der Waals surface area (Å²) in [5, 5.41) is 20.9. The topological polar surface area (TPSA) is 55.8 Å². The van der Waals surface area contributed by atoms with Crippen LogP contribution in [-0.4, -0.2) is 4.57 Å². The highest BCUT2D eigenvalue weighted by atomic mass is 32.1. The first-order chi connectivity index (χ1) is 27.6. The lowest BCUT2D eigenvalue weighted by Gasteiger charge is -2.27. The molecule has 2 heterocycles. The molecule has 0 saturated heterocycles. The van der Waals surface area contributed by atoms with Crippen molar-refractivity contribution in [2.75, 3.05) is 4.90 Å². The van der Waals surface area contributed by atoms with Gasteiger partial charge in [0.1, 0.15) is 17.7 Å². The van der Waals surface area contributed by atoms with Gasteiger partial charge in [-0.3, -0.25) is 0 Å². The first kappa shape index (κ1) is 40.3. The van der Waals surface area contributed by atoms with Gasteiger partial charge < -0.3 is 9.47 Å². The van der Waals surface area contributed by atoms with Crippen molar-refractivity contribution in [1.82, 2.24) is 4.57 Å². The minimum absolute atomic E-state index is 0.114. The zero-order valence-corrected chi connectivity index (χ0v) is 34.1. The zero-order valence-electron chi connectivity index (χ0n) is 33.3. The average Bonchev–Trinajstić information content (AvgIpc) is 3.83. The van der Waals surface area contributed by atoms with Crippen LogP contribution in [0.3, 0.4) is 0 Å². The molecule has 4 aromatic carbocycles. The van der Waals surface area contributed by atoms with E-state index in [-0.39, 0.29) is 5.57 Å². The van der Waals surface area contributed by atoms with Gasteiger partial charge in [-0.1, -0.05) is 152 Å². The Hall–Kier alpha value is -5.36. The Morgan fingerprint density at radius 1 is 0.589 bits per heavy atom. The van der Waals surface area contributed by atoms with E-state index in [0.717, 1.165) is 32.4 Å². The van der Waals surface area contributed by atoms with E-state index in [1.54, 1.807) is 17.4 Å².